The van der Waals surface area contributed by atoms with Gasteiger partial charge in [-0.25, -0.2) is 8.78 Å². The first-order chi connectivity index (χ1) is 9.58. The maximum absolute atomic E-state index is 13.6. The fourth-order valence-corrected chi connectivity index (χ4v) is 2.94. The molecule has 0 bridgehead atoms. The molecule has 20 heavy (non-hydrogen) atoms. The lowest BCUT2D eigenvalue weighted by Crippen LogP contribution is -2.26. The Hall–Kier alpha value is -1.10. The van der Waals surface area contributed by atoms with Crippen molar-refractivity contribution in [2.45, 2.75) is 17.4 Å². The van der Waals surface area contributed by atoms with Crippen LogP contribution in [0.4, 0.5) is 8.78 Å². The lowest BCUT2D eigenvalue weighted by Gasteiger charge is -2.13. The summed E-state index contributed by atoms with van der Waals surface area (Å²) in [6.45, 7) is 0. The number of thioether (sulfide) groups is 1. The largest absolute Gasteiger partial charge is 0.327 e. The van der Waals surface area contributed by atoms with E-state index in [2.05, 4.69) is 0 Å². The Morgan fingerprint density at radius 1 is 1.05 bits per heavy atom. The van der Waals surface area contributed by atoms with Crippen LogP contribution in [0.5, 0.6) is 0 Å². The van der Waals surface area contributed by atoms with Gasteiger partial charge in [0.25, 0.3) is 0 Å². The van der Waals surface area contributed by atoms with Gasteiger partial charge in [0.1, 0.15) is 11.6 Å². The third-order valence-corrected chi connectivity index (χ3v) is 4.41. The van der Waals surface area contributed by atoms with Crippen molar-refractivity contribution in [2.24, 2.45) is 5.73 Å². The molecule has 2 N–H and O–H groups in total. The van der Waals surface area contributed by atoms with Gasteiger partial charge in [0, 0.05) is 27.3 Å². The average Bonchev–Trinajstić information content (AvgIpc) is 2.42. The van der Waals surface area contributed by atoms with Crippen molar-refractivity contribution in [1.82, 2.24) is 0 Å². The van der Waals surface area contributed by atoms with E-state index in [9.17, 15) is 8.78 Å². The predicted octanol–water partition coefficient (Wildman–Crippen LogP) is 4.28. The van der Waals surface area contributed by atoms with E-state index in [1.165, 1.54) is 23.9 Å². The van der Waals surface area contributed by atoms with Crippen LogP contribution in [0.1, 0.15) is 5.56 Å². The van der Waals surface area contributed by atoms with E-state index >= 15 is 0 Å². The minimum absolute atomic E-state index is 0.270. The maximum Gasteiger partial charge on any atom is 0.136 e. The van der Waals surface area contributed by atoms with Gasteiger partial charge < -0.3 is 5.73 Å². The molecule has 1 atom stereocenters. The highest BCUT2D eigenvalue weighted by Gasteiger charge is 2.13. The highest BCUT2D eigenvalue weighted by molar-refractivity contribution is 7.99. The molecule has 0 radical (unpaired) electrons. The summed E-state index contributed by atoms with van der Waals surface area (Å²) in [4.78, 5) is 0.544. The number of nitrogens with two attached hydrogens (primary N) is 1. The van der Waals surface area contributed by atoms with E-state index in [4.69, 9.17) is 17.3 Å². The van der Waals surface area contributed by atoms with Crippen LogP contribution < -0.4 is 5.73 Å². The van der Waals surface area contributed by atoms with Crippen molar-refractivity contribution < 1.29 is 8.78 Å². The van der Waals surface area contributed by atoms with E-state index in [-0.39, 0.29) is 17.7 Å². The molecule has 0 fully saturated rings. The standard InChI is InChI=1S/C15H14ClF2NS/c16-12-4-3-6-13(17)11(12)8-10(19)9-20-15-7-2-1-5-14(15)18/h1-7,10H,8-9,19H2. The average molecular weight is 314 g/mol. The summed E-state index contributed by atoms with van der Waals surface area (Å²) in [6, 6.07) is 10.8. The highest BCUT2D eigenvalue weighted by atomic mass is 35.5. The Labute approximate surface area is 126 Å². The molecule has 1 unspecified atom stereocenters. The summed E-state index contributed by atoms with van der Waals surface area (Å²) < 4.78 is 27.1. The van der Waals surface area contributed by atoms with Crippen LogP contribution in [-0.4, -0.2) is 11.8 Å². The molecule has 0 saturated heterocycles. The van der Waals surface area contributed by atoms with Crippen LogP contribution >= 0.6 is 23.4 Å². The maximum atomic E-state index is 13.6. The molecule has 2 rings (SSSR count). The van der Waals surface area contributed by atoms with Gasteiger partial charge in [-0.05, 0) is 30.7 Å². The summed E-state index contributed by atoms with van der Waals surface area (Å²) in [7, 11) is 0. The molecule has 0 heterocycles. The molecule has 0 saturated carbocycles. The summed E-state index contributed by atoms with van der Waals surface area (Å²) in [5.41, 5.74) is 6.39. The molecule has 0 aliphatic heterocycles. The second kappa shape index (κ2) is 7.07. The number of halogens is 3. The zero-order valence-electron chi connectivity index (χ0n) is 10.7. The van der Waals surface area contributed by atoms with E-state index < -0.39 is 0 Å². The first kappa shape index (κ1) is 15.3. The third kappa shape index (κ3) is 3.95. The fourth-order valence-electron chi connectivity index (χ4n) is 1.81. The molecule has 2 aromatic rings. The minimum Gasteiger partial charge on any atom is -0.327 e. The third-order valence-electron chi connectivity index (χ3n) is 2.82. The Morgan fingerprint density at radius 3 is 2.45 bits per heavy atom. The quantitative estimate of drug-likeness (QED) is 0.834. The summed E-state index contributed by atoms with van der Waals surface area (Å²) >= 11 is 7.27. The molecule has 106 valence electrons. The van der Waals surface area contributed by atoms with Gasteiger partial charge in [0.2, 0.25) is 0 Å². The van der Waals surface area contributed by atoms with E-state index in [0.717, 1.165) is 0 Å². The van der Waals surface area contributed by atoms with Crippen molar-refractivity contribution in [1.29, 1.82) is 0 Å². The molecule has 2 aromatic carbocycles. The Bertz CT molecular complexity index is 572. The van der Waals surface area contributed by atoms with Gasteiger partial charge in [-0.3, -0.25) is 0 Å². The van der Waals surface area contributed by atoms with Crippen LogP contribution in [0.2, 0.25) is 5.02 Å². The van der Waals surface area contributed by atoms with E-state index in [1.807, 2.05) is 0 Å². The Balaban J connectivity index is 1.96. The second-order valence-electron chi connectivity index (χ2n) is 4.41. The van der Waals surface area contributed by atoms with Crippen LogP contribution in [-0.2, 0) is 6.42 Å². The monoisotopic (exact) mass is 313 g/mol. The van der Waals surface area contributed by atoms with Crippen LogP contribution in [0.25, 0.3) is 0 Å². The van der Waals surface area contributed by atoms with Crippen LogP contribution in [0.15, 0.2) is 47.4 Å². The molecule has 0 aromatic heterocycles. The molecule has 0 spiro atoms. The SMILES string of the molecule is NC(CSc1ccccc1F)Cc1c(F)cccc1Cl. The van der Waals surface area contributed by atoms with Crippen molar-refractivity contribution in [3.05, 3.63) is 64.7 Å². The van der Waals surface area contributed by atoms with Gasteiger partial charge in [0.15, 0.2) is 0 Å². The van der Waals surface area contributed by atoms with Gasteiger partial charge in [-0.2, -0.15) is 0 Å². The van der Waals surface area contributed by atoms with E-state index in [1.54, 1.807) is 30.3 Å². The zero-order valence-corrected chi connectivity index (χ0v) is 12.2. The van der Waals surface area contributed by atoms with Crippen molar-refractivity contribution in [3.63, 3.8) is 0 Å². The highest BCUT2D eigenvalue weighted by Crippen LogP contribution is 2.24. The number of rotatable bonds is 5. The normalized spacial score (nSPS) is 12.4. The Morgan fingerprint density at radius 2 is 1.75 bits per heavy atom. The second-order valence-corrected chi connectivity index (χ2v) is 5.87. The van der Waals surface area contributed by atoms with Gasteiger partial charge in [-0.1, -0.05) is 29.8 Å². The van der Waals surface area contributed by atoms with E-state index in [0.29, 0.717) is 27.7 Å². The fraction of sp³-hybridized carbons (Fsp3) is 0.200. The number of hydrogen-bond donors (Lipinski definition) is 1. The summed E-state index contributed by atoms with van der Waals surface area (Å²) in [6.07, 6.45) is 0.326. The molecule has 0 aliphatic carbocycles. The lowest BCUT2D eigenvalue weighted by atomic mass is 10.1. The number of benzene rings is 2. The smallest absolute Gasteiger partial charge is 0.136 e. The first-order valence-corrected chi connectivity index (χ1v) is 7.50. The Kier molecular flexibility index (Phi) is 5.40. The van der Waals surface area contributed by atoms with Crippen molar-refractivity contribution >= 4 is 23.4 Å². The minimum atomic E-state index is -0.358. The molecule has 1 nitrogen and oxygen atoms in total. The summed E-state index contributed by atoms with van der Waals surface area (Å²) in [5.74, 6) is -0.136. The zero-order chi connectivity index (χ0) is 14.5. The van der Waals surface area contributed by atoms with Gasteiger partial charge in [-0.15, -0.1) is 11.8 Å². The van der Waals surface area contributed by atoms with Crippen molar-refractivity contribution in [2.75, 3.05) is 5.75 Å². The summed E-state index contributed by atoms with van der Waals surface area (Å²) in [5, 5.41) is 0.372. The predicted molar refractivity (Wildman–Crippen MR) is 80.2 cm³/mol. The first-order valence-electron chi connectivity index (χ1n) is 6.13. The number of hydrogen-bond acceptors (Lipinski definition) is 2. The van der Waals surface area contributed by atoms with Gasteiger partial charge in [0.05, 0.1) is 0 Å². The molecule has 5 heteroatoms. The van der Waals surface area contributed by atoms with Crippen LogP contribution in [0.3, 0.4) is 0 Å². The van der Waals surface area contributed by atoms with Crippen LogP contribution in [0, 0.1) is 11.6 Å². The molecular formula is C15H14ClF2NS. The molecule has 0 amide bonds. The van der Waals surface area contributed by atoms with Gasteiger partial charge >= 0.3 is 0 Å². The molecular weight excluding hydrogens is 300 g/mol. The van der Waals surface area contributed by atoms with Crippen molar-refractivity contribution in [3.8, 4) is 0 Å². The lowest BCUT2D eigenvalue weighted by molar-refractivity contribution is 0.595. The molecule has 0 aliphatic rings. The topological polar surface area (TPSA) is 26.0 Å².